The van der Waals surface area contributed by atoms with E-state index in [1.54, 1.807) is 0 Å². The molecule has 3 aliphatic rings. The summed E-state index contributed by atoms with van der Waals surface area (Å²) in [5, 5.41) is 0. The van der Waals surface area contributed by atoms with Crippen molar-refractivity contribution < 1.29 is 0 Å². The van der Waals surface area contributed by atoms with Gasteiger partial charge in [-0.15, -0.1) is 0 Å². The highest BCUT2D eigenvalue weighted by Gasteiger charge is 2.46. The minimum Gasteiger partial charge on any atom is -0.325 e. The third-order valence-electron chi connectivity index (χ3n) is 4.91. The molecule has 3 rings (SSSR count). The molecular weight excluding hydrogens is 184 g/mol. The third kappa shape index (κ3) is 2.21. The molecule has 2 heteroatoms. The molecule has 0 aromatic heterocycles. The molecule has 0 heterocycles. The van der Waals surface area contributed by atoms with Crippen LogP contribution in [0, 0.1) is 5.41 Å². The predicted octanol–water partition coefficient (Wildman–Crippen LogP) is 2.38. The summed E-state index contributed by atoms with van der Waals surface area (Å²) in [6.07, 6.45) is 7.94. The van der Waals surface area contributed by atoms with Crippen LogP contribution in [0.2, 0.25) is 0 Å². The monoisotopic (exact) mass is 210 g/mol. The maximum atomic E-state index is 6.34. The van der Waals surface area contributed by atoms with Crippen LogP contribution in [0.15, 0.2) is 0 Å². The van der Waals surface area contributed by atoms with Crippen molar-refractivity contribution in [1.82, 2.24) is 4.90 Å². The van der Waals surface area contributed by atoms with E-state index in [2.05, 4.69) is 18.7 Å². The number of fused-ring (bicyclic) bond motifs is 3. The zero-order valence-electron chi connectivity index (χ0n) is 10.4. The molecule has 3 fully saturated rings. The molecule has 0 aliphatic heterocycles. The highest BCUT2D eigenvalue weighted by Crippen LogP contribution is 2.51. The zero-order valence-corrected chi connectivity index (χ0v) is 10.4. The molecule has 15 heavy (non-hydrogen) atoms. The fourth-order valence-electron chi connectivity index (χ4n) is 3.45. The normalized spacial score (nSPS) is 40.0. The van der Waals surface area contributed by atoms with Crippen molar-refractivity contribution in [2.24, 2.45) is 11.1 Å². The molecule has 0 aromatic rings. The van der Waals surface area contributed by atoms with Gasteiger partial charge in [-0.3, -0.25) is 0 Å². The Bertz CT molecular complexity index is 196. The average Bonchev–Trinajstić information content (AvgIpc) is 2.28. The van der Waals surface area contributed by atoms with Crippen LogP contribution in [-0.4, -0.2) is 30.1 Å². The lowest BCUT2D eigenvalue weighted by atomic mass is 9.57. The Balaban J connectivity index is 1.97. The predicted molar refractivity (Wildman–Crippen MR) is 64.8 cm³/mol. The SMILES string of the molecule is CCN(CC)CC12CCC(N)(CC1)CC2. The van der Waals surface area contributed by atoms with Gasteiger partial charge >= 0.3 is 0 Å². The standard InChI is InChI=1S/C13H26N2/c1-3-15(4-2)11-12-5-8-13(14,9-6-12)10-7-12/h3-11,14H2,1-2H3. The van der Waals surface area contributed by atoms with Crippen LogP contribution in [-0.2, 0) is 0 Å². The summed E-state index contributed by atoms with van der Waals surface area (Å²) in [7, 11) is 0. The molecule has 0 saturated heterocycles. The number of nitrogens with two attached hydrogens (primary N) is 1. The van der Waals surface area contributed by atoms with Crippen LogP contribution in [0.1, 0.15) is 52.4 Å². The average molecular weight is 210 g/mol. The van der Waals surface area contributed by atoms with E-state index in [0.717, 1.165) is 0 Å². The molecule has 2 bridgehead atoms. The quantitative estimate of drug-likeness (QED) is 0.772. The molecule has 2 nitrogen and oxygen atoms in total. The van der Waals surface area contributed by atoms with Crippen molar-refractivity contribution in [1.29, 1.82) is 0 Å². The Morgan fingerprint density at radius 1 is 0.933 bits per heavy atom. The number of nitrogens with zero attached hydrogens (tertiary/aromatic N) is 1. The van der Waals surface area contributed by atoms with Crippen LogP contribution in [0.5, 0.6) is 0 Å². The van der Waals surface area contributed by atoms with Gasteiger partial charge in [0.25, 0.3) is 0 Å². The largest absolute Gasteiger partial charge is 0.325 e. The van der Waals surface area contributed by atoms with Gasteiger partial charge in [0, 0.05) is 12.1 Å². The zero-order chi connectivity index (χ0) is 10.9. The van der Waals surface area contributed by atoms with E-state index in [9.17, 15) is 0 Å². The van der Waals surface area contributed by atoms with Crippen molar-refractivity contribution in [3.63, 3.8) is 0 Å². The van der Waals surface area contributed by atoms with Gasteiger partial charge in [-0.2, -0.15) is 0 Å². The molecule has 88 valence electrons. The van der Waals surface area contributed by atoms with E-state index in [0.29, 0.717) is 5.41 Å². The van der Waals surface area contributed by atoms with Gasteiger partial charge in [0.05, 0.1) is 0 Å². The Kier molecular flexibility index (Phi) is 3.09. The number of rotatable bonds is 4. The van der Waals surface area contributed by atoms with Gasteiger partial charge in [0.1, 0.15) is 0 Å². The minimum absolute atomic E-state index is 0.227. The molecule has 2 N–H and O–H groups in total. The fraction of sp³-hybridized carbons (Fsp3) is 1.00. The highest BCUT2D eigenvalue weighted by atomic mass is 15.1. The molecule has 0 atom stereocenters. The van der Waals surface area contributed by atoms with Gasteiger partial charge in [-0.1, -0.05) is 13.8 Å². The fourth-order valence-corrected chi connectivity index (χ4v) is 3.45. The Labute approximate surface area is 94.2 Å². The Morgan fingerprint density at radius 3 is 1.80 bits per heavy atom. The first-order chi connectivity index (χ1) is 7.11. The molecule has 0 spiro atoms. The smallest absolute Gasteiger partial charge is 0.0155 e. The van der Waals surface area contributed by atoms with E-state index >= 15 is 0 Å². The first-order valence-corrected chi connectivity index (χ1v) is 6.63. The molecule has 3 aliphatic carbocycles. The molecule has 0 unspecified atom stereocenters. The van der Waals surface area contributed by atoms with Crippen molar-refractivity contribution in [2.45, 2.75) is 57.9 Å². The summed E-state index contributed by atoms with van der Waals surface area (Å²) in [6, 6.07) is 0. The first kappa shape index (κ1) is 11.4. The summed E-state index contributed by atoms with van der Waals surface area (Å²) >= 11 is 0. The molecule has 0 radical (unpaired) electrons. The summed E-state index contributed by atoms with van der Waals surface area (Å²) in [5.74, 6) is 0. The van der Waals surface area contributed by atoms with Crippen LogP contribution < -0.4 is 5.73 Å². The molecular formula is C13H26N2. The lowest BCUT2D eigenvalue weighted by Gasteiger charge is -2.53. The molecule has 0 aromatic carbocycles. The van der Waals surface area contributed by atoms with Crippen LogP contribution in [0.25, 0.3) is 0 Å². The summed E-state index contributed by atoms with van der Waals surface area (Å²) in [6.45, 7) is 8.27. The van der Waals surface area contributed by atoms with E-state index in [1.165, 1.54) is 58.2 Å². The van der Waals surface area contributed by atoms with Crippen molar-refractivity contribution in [2.75, 3.05) is 19.6 Å². The maximum absolute atomic E-state index is 6.34. The van der Waals surface area contributed by atoms with Gasteiger partial charge in [-0.25, -0.2) is 0 Å². The Morgan fingerprint density at radius 2 is 1.40 bits per heavy atom. The third-order valence-corrected chi connectivity index (χ3v) is 4.91. The van der Waals surface area contributed by atoms with Gasteiger partial charge in [0.15, 0.2) is 0 Å². The number of hydrogen-bond acceptors (Lipinski definition) is 2. The molecule has 3 saturated carbocycles. The number of hydrogen-bond donors (Lipinski definition) is 1. The van der Waals surface area contributed by atoms with Crippen LogP contribution >= 0.6 is 0 Å². The summed E-state index contributed by atoms with van der Waals surface area (Å²) in [5.41, 5.74) is 7.20. The summed E-state index contributed by atoms with van der Waals surface area (Å²) < 4.78 is 0. The van der Waals surface area contributed by atoms with E-state index < -0.39 is 0 Å². The topological polar surface area (TPSA) is 29.3 Å². The molecule has 0 amide bonds. The van der Waals surface area contributed by atoms with Crippen LogP contribution in [0.4, 0.5) is 0 Å². The second-order valence-electron chi connectivity index (χ2n) is 5.82. The minimum atomic E-state index is 0.227. The van der Waals surface area contributed by atoms with E-state index in [-0.39, 0.29) is 5.54 Å². The van der Waals surface area contributed by atoms with E-state index in [4.69, 9.17) is 5.73 Å². The lowest BCUT2D eigenvalue weighted by molar-refractivity contribution is 0.0147. The van der Waals surface area contributed by atoms with Gasteiger partial charge in [-0.05, 0) is 57.0 Å². The van der Waals surface area contributed by atoms with Crippen LogP contribution in [0.3, 0.4) is 0 Å². The highest BCUT2D eigenvalue weighted by molar-refractivity contribution is 5.03. The van der Waals surface area contributed by atoms with Crippen molar-refractivity contribution in [3.05, 3.63) is 0 Å². The van der Waals surface area contributed by atoms with Crippen molar-refractivity contribution >= 4 is 0 Å². The van der Waals surface area contributed by atoms with Gasteiger partial charge in [0.2, 0.25) is 0 Å². The summed E-state index contributed by atoms with van der Waals surface area (Å²) in [4.78, 5) is 2.59. The second kappa shape index (κ2) is 4.06. The second-order valence-corrected chi connectivity index (χ2v) is 5.82. The lowest BCUT2D eigenvalue weighted by Crippen LogP contribution is -2.54. The van der Waals surface area contributed by atoms with E-state index in [1.807, 2.05) is 0 Å². The van der Waals surface area contributed by atoms with Crippen molar-refractivity contribution in [3.8, 4) is 0 Å². The maximum Gasteiger partial charge on any atom is 0.0155 e. The Hall–Kier alpha value is -0.0800. The van der Waals surface area contributed by atoms with Gasteiger partial charge < -0.3 is 10.6 Å². The first-order valence-electron chi connectivity index (χ1n) is 6.63.